The Morgan fingerprint density at radius 1 is 1.06 bits per heavy atom. The van der Waals surface area contributed by atoms with Gasteiger partial charge in [0, 0.05) is 19.0 Å². The topological polar surface area (TPSA) is 84.9 Å². The Morgan fingerprint density at radius 2 is 1.76 bits per heavy atom. The van der Waals surface area contributed by atoms with Gasteiger partial charge in [-0.2, -0.15) is 0 Å². The SMILES string of the molecule is COc1cccc(N(CCCC(=O)N[C@@H](C)c2cc(C(C)C)c(OC)cc2C)S(C)(=O)=O)c1. The van der Waals surface area contributed by atoms with Gasteiger partial charge in [0.2, 0.25) is 15.9 Å². The van der Waals surface area contributed by atoms with Crippen molar-refractivity contribution in [1.29, 1.82) is 0 Å². The standard InChI is InChI=1S/C25H36N2O5S/c1-17(2)22-16-23(18(3)14-24(22)32-6)19(4)26-25(28)12-9-13-27(33(7,29)30)20-10-8-11-21(15-20)31-5/h8,10-11,14-17,19H,9,12-13H2,1-7H3,(H,26,28)/t19-/m0/s1. The molecule has 0 aliphatic rings. The summed E-state index contributed by atoms with van der Waals surface area (Å²) >= 11 is 0. The number of rotatable bonds is 11. The number of aryl methyl sites for hydroxylation is 1. The predicted molar refractivity (Wildman–Crippen MR) is 133 cm³/mol. The third-order valence-electron chi connectivity index (χ3n) is 5.59. The number of benzene rings is 2. The van der Waals surface area contributed by atoms with Gasteiger partial charge < -0.3 is 14.8 Å². The maximum Gasteiger partial charge on any atom is 0.232 e. The molecule has 33 heavy (non-hydrogen) atoms. The Morgan fingerprint density at radius 3 is 2.33 bits per heavy atom. The van der Waals surface area contributed by atoms with Gasteiger partial charge in [0.05, 0.1) is 32.2 Å². The van der Waals surface area contributed by atoms with Gasteiger partial charge in [-0.25, -0.2) is 8.42 Å². The van der Waals surface area contributed by atoms with E-state index in [9.17, 15) is 13.2 Å². The first kappa shape index (κ1) is 26.5. The summed E-state index contributed by atoms with van der Waals surface area (Å²) in [6, 6.07) is 10.8. The molecule has 0 saturated carbocycles. The number of methoxy groups -OCH3 is 2. The van der Waals surface area contributed by atoms with Crippen molar-refractivity contribution in [2.24, 2.45) is 0 Å². The van der Waals surface area contributed by atoms with Crippen LogP contribution in [0.3, 0.4) is 0 Å². The quantitative estimate of drug-likeness (QED) is 0.514. The number of anilines is 1. The highest BCUT2D eigenvalue weighted by molar-refractivity contribution is 7.92. The van der Waals surface area contributed by atoms with Crippen LogP contribution in [0.2, 0.25) is 0 Å². The maximum absolute atomic E-state index is 12.6. The highest BCUT2D eigenvalue weighted by atomic mass is 32.2. The van der Waals surface area contributed by atoms with Gasteiger partial charge in [-0.15, -0.1) is 0 Å². The number of hydrogen-bond acceptors (Lipinski definition) is 5. The van der Waals surface area contributed by atoms with E-state index in [-0.39, 0.29) is 24.9 Å². The van der Waals surface area contributed by atoms with Crippen LogP contribution in [0.15, 0.2) is 36.4 Å². The molecule has 0 aromatic heterocycles. The zero-order valence-electron chi connectivity index (χ0n) is 20.6. The van der Waals surface area contributed by atoms with Gasteiger partial charge in [-0.3, -0.25) is 9.10 Å². The molecule has 1 atom stereocenters. The summed E-state index contributed by atoms with van der Waals surface area (Å²) in [5.74, 6) is 1.59. The molecular weight excluding hydrogens is 440 g/mol. The smallest absolute Gasteiger partial charge is 0.232 e. The Labute approximate surface area is 198 Å². The highest BCUT2D eigenvalue weighted by Gasteiger charge is 2.20. The monoisotopic (exact) mass is 476 g/mol. The number of amides is 1. The normalized spacial score (nSPS) is 12.4. The fraction of sp³-hybridized carbons (Fsp3) is 0.480. The molecule has 7 nitrogen and oxygen atoms in total. The summed E-state index contributed by atoms with van der Waals surface area (Å²) < 4.78 is 36.7. The van der Waals surface area contributed by atoms with E-state index in [4.69, 9.17) is 9.47 Å². The van der Waals surface area contributed by atoms with Crippen molar-refractivity contribution in [1.82, 2.24) is 5.32 Å². The van der Waals surface area contributed by atoms with Crippen molar-refractivity contribution in [3.8, 4) is 11.5 Å². The van der Waals surface area contributed by atoms with Crippen LogP contribution in [0.25, 0.3) is 0 Å². The fourth-order valence-electron chi connectivity index (χ4n) is 3.84. The molecule has 0 aliphatic heterocycles. The first-order valence-corrected chi connectivity index (χ1v) is 12.9. The van der Waals surface area contributed by atoms with Crippen molar-refractivity contribution in [2.45, 2.75) is 52.5 Å². The molecule has 0 heterocycles. The van der Waals surface area contributed by atoms with E-state index in [0.717, 1.165) is 28.7 Å². The number of sulfonamides is 1. The number of hydrogen-bond donors (Lipinski definition) is 1. The van der Waals surface area contributed by atoms with Crippen LogP contribution < -0.4 is 19.1 Å². The lowest BCUT2D eigenvalue weighted by Gasteiger charge is -2.23. The van der Waals surface area contributed by atoms with E-state index in [2.05, 4.69) is 25.2 Å². The average Bonchev–Trinajstić information content (AvgIpc) is 2.75. The number of nitrogens with one attached hydrogen (secondary N) is 1. The molecule has 2 aromatic rings. The largest absolute Gasteiger partial charge is 0.497 e. The van der Waals surface area contributed by atoms with Gasteiger partial charge in [-0.1, -0.05) is 19.9 Å². The summed E-state index contributed by atoms with van der Waals surface area (Å²) in [4.78, 5) is 12.6. The number of carbonyl (C=O) groups is 1. The van der Waals surface area contributed by atoms with E-state index in [1.54, 1.807) is 31.4 Å². The Hall–Kier alpha value is -2.74. The molecule has 1 N–H and O–H groups in total. The molecular formula is C25H36N2O5S. The third kappa shape index (κ3) is 7.12. The molecule has 182 valence electrons. The molecule has 0 aliphatic carbocycles. The number of nitrogens with zero attached hydrogens (tertiary/aromatic N) is 1. The van der Waals surface area contributed by atoms with Crippen LogP contribution in [-0.2, 0) is 14.8 Å². The summed E-state index contributed by atoms with van der Waals surface area (Å²) in [6.07, 6.45) is 1.77. The molecule has 0 radical (unpaired) electrons. The molecule has 0 unspecified atom stereocenters. The van der Waals surface area contributed by atoms with Crippen molar-refractivity contribution in [3.63, 3.8) is 0 Å². The van der Waals surface area contributed by atoms with Crippen LogP contribution in [0.1, 0.15) is 62.3 Å². The Balaban J connectivity index is 2.05. The fourth-order valence-corrected chi connectivity index (χ4v) is 4.79. The molecule has 1 amide bonds. The van der Waals surface area contributed by atoms with Crippen LogP contribution in [-0.4, -0.2) is 41.3 Å². The second-order valence-corrected chi connectivity index (χ2v) is 10.4. The van der Waals surface area contributed by atoms with E-state index in [1.165, 1.54) is 11.4 Å². The third-order valence-corrected chi connectivity index (χ3v) is 6.79. The lowest BCUT2D eigenvalue weighted by atomic mass is 9.93. The van der Waals surface area contributed by atoms with Crippen LogP contribution in [0, 0.1) is 6.92 Å². The minimum Gasteiger partial charge on any atom is -0.497 e. The highest BCUT2D eigenvalue weighted by Crippen LogP contribution is 2.32. The molecule has 2 aromatic carbocycles. The van der Waals surface area contributed by atoms with Crippen molar-refractivity contribution in [2.75, 3.05) is 31.3 Å². The van der Waals surface area contributed by atoms with E-state index in [0.29, 0.717) is 23.8 Å². The van der Waals surface area contributed by atoms with E-state index >= 15 is 0 Å². The lowest BCUT2D eigenvalue weighted by molar-refractivity contribution is -0.121. The molecule has 0 spiro atoms. The molecule has 8 heteroatoms. The minimum absolute atomic E-state index is 0.122. The summed E-state index contributed by atoms with van der Waals surface area (Å²) in [6.45, 7) is 8.37. The Bertz CT molecular complexity index is 1070. The molecule has 2 rings (SSSR count). The van der Waals surface area contributed by atoms with Gasteiger partial charge in [0.15, 0.2) is 0 Å². The first-order chi connectivity index (χ1) is 15.5. The molecule has 0 saturated heterocycles. The second-order valence-electron chi connectivity index (χ2n) is 8.53. The van der Waals surface area contributed by atoms with Gasteiger partial charge in [0.25, 0.3) is 0 Å². The lowest BCUT2D eigenvalue weighted by Crippen LogP contribution is -2.32. The molecule has 0 fully saturated rings. The minimum atomic E-state index is -3.50. The van der Waals surface area contributed by atoms with E-state index < -0.39 is 10.0 Å². The second kappa shape index (κ2) is 11.4. The average molecular weight is 477 g/mol. The van der Waals surface area contributed by atoms with Crippen LogP contribution >= 0.6 is 0 Å². The van der Waals surface area contributed by atoms with Gasteiger partial charge in [-0.05, 0) is 67.1 Å². The van der Waals surface area contributed by atoms with Gasteiger partial charge >= 0.3 is 0 Å². The van der Waals surface area contributed by atoms with Crippen molar-refractivity contribution >= 4 is 21.6 Å². The van der Waals surface area contributed by atoms with Crippen LogP contribution in [0.5, 0.6) is 11.5 Å². The summed E-state index contributed by atoms with van der Waals surface area (Å²) in [7, 11) is -0.303. The molecule has 0 bridgehead atoms. The van der Waals surface area contributed by atoms with E-state index in [1.807, 2.05) is 19.9 Å². The first-order valence-electron chi connectivity index (χ1n) is 11.1. The summed E-state index contributed by atoms with van der Waals surface area (Å²) in [5.41, 5.74) is 3.70. The van der Waals surface area contributed by atoms with Crippen LogP contribution in [0.4, 0.5) is 5.69 Å². The number of ether oxygens (including phenoxy) is 2. The number of carbonyl (C=O) groups excluding carboxylic acids is 1. The van der Waals surface area contributed by atoms with Crippen molar-refractivity contribution in [3.05, 3.63) is 53.1 Å². The Kier molecular flexibility index (Phi) is 9.16. The summed E-state index contributed by atoms with van der Waals surface area (Å²) in [5, 5.41) is 3.04. The predicted octanol–water partition coefficient (Wildman–Crippen LogP) is 4.56. The maximum atomic E-state index is 12.6. The zero-order valence-corrected chi connectivity index (χ0v) is 21.5. The van der Waals surface area contributed by atoms with Gasteiger partial charge in [0.1, 0.15) is 11.5 Å². The van der Waals surface area contributed by atoms with Crippen molar-refractivity contribution < 1.29 is 22.7 Å². The zero-order chi connectivity index (χ0) is 24.8.